The van der Waals surface area contributed by atoms with Crippen molar-refractivity contribution < 1.29 is 14.6 Å². The molecule has 3 atom stereocenters. The average Bonchev–Trinajstić information content (AvgIpc) is 3.35. The van der Waals surface area contributed by atoms with E-state index in [0.717, 1.165) is 43.8 Å². The summed E-state index contributed by atoms with van der Waals surface area (Å²) in [4.78, 5) is 24.6. The van der Waals surface area contributed by atoms with E-state index in [2.05, 4.69) is 39.2 Å². The van der Waals surface area contributed by atoms with Crippen molar-refractivity contribution in [3.8, 4) is 0 Å². The van der Waals surface area contributed by atoms with E-state index >= 15 is 0 Å². The Kier molecular flexibility index (Phi) is 7.01. The Bertz CT molecular complexity index is 936. The van der Waals surface area contributed by atoms with Crippen molar-refractivity contribution in [3.63, 3.8) is 0 Å². The molecular formula is C23H30ClN5O3. The number of aliphatic carboxylic acids is 1. The summed E-state index contributed by atoms with van der Waals surface area (Å²) in [5, 5.41) is 13.1. The SMILES string of the molecule is CCC1CC(C(=O)O)CCN1c1ccc(Nc2ncc(Cl)c(N(C)[C@@H]3CCCO3)n2)cc1. The number of ether oxygens (including phenoxy) is 1. The monoisotopic (exact) mass is 459 g/mol. The largest absolute Gasteiger partial charge is 0.481 e. The van der Waals surface area contributed by atoms with Crippen molar-refractivity contribution in [2.45, 2.75) is 51.3 Å². The van der Waals surface area contributed by atoms with E-state index in [1.165, 1.54) is 0 Å². The maximum atomic E-state index is 11.4. The molecule has 8 nitrogen and oxygen atoms in total. The molecule has 0 spiro atoms. The van der Waals surface area contributed by atoms with Crippen LogP contribution >= 0.6 is 11.6 Å². The summed E-state index contributed by atoms with van der Waals surface area (Å²) >= 11 is 6.34. The van der Waals surface area contributed by atoms with Crippen LogP contribution in [0.2, 0.25) is 5.02 Å². The Morgan fingerprint density at radius 3 is 2.78 bits per heavy atom. The van der Waals surface area contributed by atoms with Gasteiger partial charge in [0.2, 0.25) is 5.95 Å². The van der Waals surface area contributed by atoms with Gasteiger partial charge >= 0.3 is 5.97 Å². The number of nitrogens with one attached hydrogen (secondary N) is 1. The fraction of sp³-hybridized carbons (Fsp3) is 0.522. The number of nitrogens with zero attached hydrogens (tertiary/aromatic N) is 4. The summed E-state index contributed by atoms with van der Waals surface area (Å²) in [7, 11) is 1.93. The van der Waals surface area contributed by atoms with Gasteiger partial charge in [-0.05, 0) is 56.4 Å². The Morgan fingerprint density at radius 1 is 1.34 bits per heavy atom. The normalized spacial score (nSPS) is 23.2. The Balaban J connectivity index is 1.45. The molecule has 2 fully saturated rings. The predicted molar refractivity (Wildman–Crippen MR) is 126 cm³/mol. The summed E-state index contributed by atoms with van der Waals surface area (Å²) in [6.45, 7) is 3.62. The average molecular weight is 460 g/mol. The second-order valence-electron chi connectivity index (χ2n) is 8.43. The van der Waals surface area contributed by atoms with E-state index in [1.807, 2.05) is 24.1 Å². The minimum Gasteiger partial charge on any atom is -0.481 e. The van der Waals surface area contributed by atoms with E-state index < -0.39 is 5.97 Å². The van der Waals surface area contributed by atoms with Crippen LogP contribution in [-0.4, -0.2) is 53.5 Å². The number of anilines is 4. The summed E-state index contributed by atoms with van der Waals surface area (Å²) < 4.78 is 5.74. The second-order valence-corrected chi connectivity index (χ2v) is 8.84. The van der Waals surface area contributed by atoms with E-state index in [4.69, 9.17) is 16.3 Å². The fourth-order valence-corrected chi connectivity index (χ4v) is 4.76. The minimum atomic E-state index is -0.685. The number of hydrogen-bond acceptors (Lipinski definition) is 7. The third kappa shape index (κ3) is 4.91. The van der Waals surface area contributed by atoms with Crippen molar-refractivity contribution in [2.75, 3.05) is 35.3 Å². The highest BCUT2D eigenvalue weighted by Gasteiger charge is 2.31. The quantitative estimate of drug-likeness (QED) is 0.624. The second kappa shape index (κ2) is 9.92. The van der Waals surface area contributed by atoms with Gasteiger partial charge in [0.05, 0.1) is 12.1 Å². The van der Waals surface area contributed by atoms with Crippen molar-refractivity contribution in [3.05, 3.63) is 35.5 Å². The summed E-state index contributed by atoms with van der Waals surface area (Å²) in [5.41, 5.74) is 1.97. The van der Waals surface area contributed by atoms with E-state index in [-0.39, 0.29) is 18.2 Å². The number of benzene rings is 1. The highest BCUT2D eigenvalue weighted by molar-refractivity contribution is 6.32. The van der Waals surface area contributed by atoms with Crippen LogP contribution in [0.5, 0.6) is 0 Å². The van der Waals surface area contributed by atoms with Crippen LogP contribution < -0.4 is 15.1 Å². The molecule has 1 aromatic carbocycles. The van der Waals surface area contributed by atoms with Crippen LogP contribution in [0, 0.1) is 5.92 Å². The van der Waals surface area contributed by atoms with Gasteiger partial charge in [-0.2, -0.15) is 4.98 Å². The zero-order valence-corrected chi connectivity index (χ0v) is 19.3. The number of carboxylic acid groups (broad SMARTS) is 1. The third-order valence-electron chi connectivity index (χ3n) is 6.39. The molecule has 2 saturated heterocycles. The van der Waals surface area contributed by atoms with Gasteiger partial charge in [0.1, 0.15) is 11.3 Å². The van der Waals surface area contributed by atoms with Crippen molar-refractivity contribution in [2.24, 2.45) is 5.92 Å². The first kappa shape index (κ1) is 22.6. The smallest absolute Gasteiger partial charge is 0.306 e. The molecule has 2 N–H and O–H groups in total. The molecular weight excluding hydrogens is 430 g/mol. The molecule has 0 aliphatic carbocycles. The number of piperidine rings is 1. The maximum absolute atomic E-state index is 11.4. The van der Waals surface area contributed by atoms with Gasteiger partial charge in [-0.15, -0.1) is 0 Å². The molecule has 0 radical (unpaired) electrons. The van der Waals surface area contributed by atoms with E-state index in [1.54, 1.807) is 6.20 Å². The van der Waals surface area contributed by atoms with Crippen LogP contribution in [-0.2, 0) is 9.53 Å². The van der Waals surface area contributed by atoms with Gasteiger partial charge in [-0.1, -0.05) is 18.5 Å². The molecule has 4 rings (SSSR count). The molecule has 0 saturated carbocycles. The maximum Gasteiger partial charge on any atom is 0.306 e. The highest BCUT2D eigenvalue weighted by Crippen LogP contribution is 2.32. The first-order chi connectivity index (χ1) is 15.5. The van der Waals surface area contributed by atoms with Crippen molar-refractivity contribution >= 4 is 40.7 Å². The molecule has 2 aliphatic rings. The van der Waals surface area contributed by atoms with Gasteiger partial charge < -0.3 is 25.0 Å². The summed E-state index contributed by atoms with van der Waals surface area (Å²) in [5.74, 6) is 0.173. The molecule has 32 heavy (non-hydrogen) atoms. The lowest BCUT2D eigenvalue weighted by atomic mass is 9.89. The Labute approximate surface area is 193 Å². The van der Waals surface area contributed by atoms with E-state index in [9.17, 15) is 9.90 Å². The molecule has 172 valence electrons. The lowest BCUT2D eigenvalue weighted by molar-refractivity contribution is -0.142. The minimum absolute atomic E-state index is 0.0219. The first-order valence-corrected chi connectivity index (χ1v) is 11.6. The van der Waals surface area contributed by atoms with Crippen molar-refractivity contribution in [1.29, 1.82) is 0 Å². The third-order valence-corrected chi connectivity index (χ3v) is 6.66. The predicted octanol–water partition coefficient (Wildman–Crippen LogP) is 4.53. The topological polar surface area (TPSA) is 90.8 Å². The number of rotatable bonds is 7. The van der Waals surface area contributed by atoms with Gasteiger partial charge in [0, 0.05) is 37.6 Å². The zero-order chi connectivity index (χ0) is 22.7. The molecule has 2 unspecified atom stereocenters. The van der Waals surface area contributed by atoms with Gasteiger partial charge in [-0.25, -0.2) is 4.98 Å². The molecule has 2 aliphatic heterocycles. The zero-order valence-electron chi connectivity index (χ0n) is 18.5. The first-order valence-electron chi connectivity index (χ1n) is 11.2. The highest BCUT2D eigenvalue weighted by atomic mass is 35.5. The number of halogens is 1. The Hall–Kier alpha value is -2.58. The van der Waals surface area contributed by atoms with Crippen LogP contribution in [0.15, 0.2) is 30.5 Å². The number of aromatic nitrogens is 2. The molecule has 1 aromatic heterocycles. The van der Waals surface area contributed by atoms with E-state index in [0.29, 0.717) is 29.6 Å². The summed E-state index contributed by atoms with van der Waals surface area (Å²) in [6.07, 6.45) is 5.84. The number of carboxylic acids is 1. The molecule has 0 amide bonds. The lowest BCUT2D eigenvalue weighted by Crippen LogP contribution is -2.44. The van der Waals surface area contributed by atoms with Crippen LogP contribution in [0.25, 0.3) is 0 Å². The number of carbonyl (C=O) groups is 1. The summed E-state index contributed by atoms with van der Waals surface area (Å²) in [6, 6.07) is 8.33. The van der Waals surface area contributed by atoms with Crippen LogP contribution in [0.3, 0.4) is 0 Å². The van der Waals surface area contributed by atoms with Gasteiger partial charge in [0.25, 0.3) is 0 Å². The molecule has 3 heterocycles. The van der Waals surface area contributed by atoms with Crippen molar-refractivity contribution in [1.82, 2.24) is 9.97 Å². The van der Waals surface area contributed by atoms with Crippen LogP contribution in [0.1, 0.15) is 39.0 Å². The molecule has 2 aromatic rings. The molecule has 9 heteroatoms. The van der Waals surface area contributed by atoms with Crippen LogP contribution in [0.4, 0.5) is 23.1 Å². The lowest BCUT2D eigenvalue weighted by Gasteiger charge is -2.39. The Morgan fingerprint density at radius 2 is 2.12 bits per heavy atom. The van der Waals surface area contributed by atoms with Gasteiger partial charge in [0.15, 0.2) is 5.82 Å². The standard InChI is InChI=1S/C23H30ClN5O3/c1-3-17-13-15(22(30)31)10-11-29(17)18-8-6-16(7-9-18)26-23-25-14-19(24)21(27-23)28(2)20-5-4-12-32-20/h6-9,14-15,17,20H,3-5,10-13H2,1-2H3,(H,30,31)(H,25,26,27)/t15?,17?,20-/m0/s1. The molecule has 0 bridgehead atoms. The van der Waals surface area contributed by atoms with Gasteiger partial charge in [-0.3, -0.25) is 4.79 Å². The fourth-order valence-electron chi connectivity index (χ4n) is 4.54. The number of hydrogen-bond donors (Lipinski definition) is 2.